The van der Waals surface area contributed by atoms with Gasteiger partial charge in [-0.3, -0.25) is 9.59 Å². The summed E-state index contributed by atoms with van der Waals surface area (Å²) < 4.78 is 5.26. The molecule has 7 heteroatoms. The van der Waals surface area contributed by atoms with E-state index in [-0.39, 0.29) is 17.9 Å². The van der Waals surface area contributed by atoms with Crippen molar-refractivity contribution in [3.63, 3.8) is 0 Å². The molecule has 7 nitrogen and oxygen atoms in total. The minimum absolute atomic E-state index is 0.0399. The van der Waals surface area contributed by atoms with Gasteiger partial charge in [-0.25, -0.2) is 4.79 Å². The number of hydrogen-bond acceptors (Lipinski definition) is 5. The van der Waals surface area contributed by atoms with Gasteiger partial charge in [0.2, 0.25) is 5.91 Å². The molecular weight excluding hydrogens is 334 g/mol. The second-order valence-corrected chi connectivity index (χ2v) is 7.26. The molecule has 2 amide bonds. The number of nitrogens with one attached hydrogen (secondary N) is 2. The van der Waals surface area contributed by atoms with E-state index in [1.165, 1.54) is 0 Å². The Hall–Kier alpha value is -2.57. The van der Waals surface area contributed by atoms with Crippen LogP contribution in [0.25, 0.3) is 0 Å². The maximum absolute atomic E-state index is 12.4. The molecule has 0 bridgehead atoms. The summed E-state index contributed by atoms with van der Waals surface area (Å²) in [6.45, 7) is 6.89. The Morgan fingerprint density at radius 1 is 1.35 bits per heavy atom. The Bertz CT molecular complexity index is 731. The lowest BCUT2D eigenvalue weighted by molar-refractivity contribution is -0.129. The highest BCUT2D eigenvalue weighted by Crippen LogP contribution is 2.37. The number of carbonyl (C=O) groups is 3. The summed E-state index contributed by atoms with van der Waals surface area (Å²) in [4.78, 5) is 38.6. The van der Waals surface area contributed by atoms with Crippen molar-refractivity contribution in [1.29, 1.82) is 0 Å². The lowest BCUT2D eigenvalue weighted by Gasteiger charge is -2.33. The van der Waals surface area contributed by atoms with Gasteiger partial charge >= 0.3 is 5.97 Å². The van der Waals surface area contributed by atoms with Crippen LogP contribution in [0.2, 0.25) is 0 Å². The molecular formula is C19H25N3O4. The lowest BCUT2D eigenvalue weighted by atomic mass is 10.1. The second kappa shape index (κ2) is 7.35. The molecule has 26 heavy (non-hydrogen) atoms. The van der Waals surface area contributed by atoms with Crippen LogP contribution < -0.4 is 15.5 Å². The van der Waals surface area contributed by atoms with E-state index in [1.54, 1.807) is 19.1 Å². The van der Waals surface area contributed by atoms with Crippen molar-refractivity contribution in [2.45, 2.75) is 45.8 Å². The summed E-state index contributed by atoms with van der Waals surface area (Å²) in [6, 6.07) is 4.99. The van der Waals surface area contributed by atoms with Crippen molar-refractivity contribution >= 4 is 29.2 Å². The third-order valence-corrected chi connectivity index (χ3v) is 4.69. The SMILES string of the molecule is CC(C)CNC(=O)[C@@H](C)OC(=O)c1ccc2c(c1)NC(=O)[C@H]1CCCN21. The van der Waals surface area contributed by atoms with Gasteiger partial charge < -0.3 is 20.3 Å². The lowest BCUT2D eigenvalue weighted by Crippen LogP contribution is -2.44. The average molecular weight is 359 g/mol. The quantitative estimate of drug-likeness (QED) is 0.785. The van der Waals surface area contributed by atoms with Crippen LogP contribution in [-0.2, 0) is 14.3 Å². The predicted octanol–water partition coefficient (Wildman–Crippen LogP) is 1.92. The molecule has 2 atom stereocenters. The first-order valence-electron chi connectivity index (χ1n) is 9.07. The number of ether oxygens (including phenoxy) is 1. The van der Waals surface area contributed by atoms with E-state index in [2.05, 4.69) is 15.5 Å². The van der Waals surface area contributed by atoms with Crippen molar-refractivity contribution in [2.75, 3.05) is 23.3 Å². The van der Waals surface area contributed by atoms with Crippen LogP contribution in [-0.4, -0.2) is 43.0 Å². The third kappa shape index (κ3) is 3.66. The van der Waals surface area contributed by atoms with Crippen molar-refractivity contribution in [3.05, 3.63) is 23.8 Å². The van der Waals surface area contributed by atoms with Gasteiger partial charge in [0.1, 0.15) is 6.04 Å². The molecule has 0 aliphatic carbocycles. The highest BCUT2D eigenvalue weighted by molar-refractivity contribution is 6.05. The van der Waals surface area contributed by atoms with Gasteiger partial charge in [-0.15, -0.1) is 0 Å². The molecule has 140 valence electrons. The van der Waals surface area contributed by atoms with Crippen molar-refractivity contribution in [3.8, 4) is 0 Å². The summed E-state index contributed by atoms with van der Waals surface area (Å²) in [5.41, 5.74) is 1.84. The number of anilines is 2. The minimum Gasteiger partial charge on any atom is -0.449 e. The number of benzene rings is 1. The zero-order valence-corrected chi connectivity index (χ0v) is 15.4. The molecule has 0 saturated carbocycles. The first-order valence-corrected chi connectivity index (χ1v) is 9.07. The van der Waals surface area contributed by atoms with E-state index >= 15 is 0 Å². The van der Waals surface area contributed by atoms with E-state index in [0.29, 0.717) is 23.7 Å². The van der Waals surface area contributed by atoms with E-state index < -0.39 is 12.1 Å². The van der Waals surface area contributed by atoms with Crippen LogP contribution >= 0.6 is 0 Å². The van der Waals surface area contributed by atoms with Crippen LogP contribution in [0.1, 0.15) is 44.0 Å². The first-order chi connectivity index (χ1) is 12.4. The first kappa shape index (κ1) is 18.2. The Morgan fingerprint density at radius 3 is 2.85 bits per heavy atom. The second-order valence-electron chi connectivity index (χ2n) is 7.26. The fourth-order valence-electron chi connectivity index (χ4n) is 3.29. The smallest absolute Gasteiger partial charge is 0.338 e. The molecule has 1 aromatic carbocycles. The number of carbonyl (C=O) groups excluding carboxylic acids is 3. The van der Waals surface area contributed by atoms with Crippen LogP contribution in [0.15, 0.2) is 18.2 Å². The van der Waals surface area contributed by atoms with Gasteiger partial charge in [0, 0.05) is 13.1 Å². The normalized spacial score (nSPS) is 19.5. The van der Waals surface area contributed by atoms with Crippen molar-refractivity contribution < 1.29 is 19.1 Å². The highest BCUT2D eigenvalue weighted by atomic mass is 16.5. The minimum atomic E-state index is -0.880. The number of nitrogens with zero attached hydrogens (tertiary/aromatic N) is 1. The summed E-state index contributed by atoms with van der Waals surface area (Å²) in [5.74, 6) is -0.626. The standard InChI is InChI=1S/C19H25N3O4/c1-11(2)10-20-17(23)12(3)26-19(25)13-6-7-15-14(9-13)21-18(24)16-5-4-8-22(15)16/h6-7,9,11-12,16H,4-5,8,10H2,1-3H3,(H,20,23)(H,21,24)/t12-,16-/m1/s1. The zero-order chi connectivity index (χ0) is 18.8. The maximum Gasteiger partial charge on any atom is 0.338 e. The van der Waals surface area contributed by atoms with Gasteiger partial charge in [-0.2, -0.15) is 0 Å². The molecule has 2 aliphatic heterocycles. The molecule has 1 fully saturated rings. The molecule has 2 aliphatic rings. The molecule has 1 aromatic rings. The Morgan fingerprint density at radius 2 is 2.12 bits per heavy atom. The van der Waals surface area contributed by atoms with E-state index in [0.717, 1.165) is 25.1 Å². The van der Waals surface area contributed by atoms with Gasteiger partial charge in [-0.1, -0.05) is 13.8 Å². The maximum atomic E-state index is 12.4. The fourth-order valence-corrected chi connectivity index (χ4v) is 3.29. The van der Waals surface area contributed by atoms with Crippen molar-refractivity contribution in [2.24, 2.45) is 5.92 Å². The van der Waals surface area contributed by atoms with Crippen molar-refractivity contribution in [1.82, 2.24) is 5.32 Å². The summed E-state index contributed by atoms with van der Waals surface area (Å²) in [6.07, 6.45) is 0.942. The molecule has 2 N–H and O–H groups in total. The number of rotatable bonds is 5. The molecule has 0 radical (unpaired) electrons. The number of amides is 2. The molecule has 0 unspecified atom stereocenters. The third-order valence-electron chi connectivity index (χ3n) is 4.69. The molecule has 1 saturated heterocycles. The number of fused-ring (bicyclic) bond motifs is 3. The van der Waals surface area contributed by atoms with Gasteiger partial charge in [0.15, 0.2) is 6.10 Å². The highest BCUT2D eigenvalue weighted by Gasteiger charge is 2.36. The Labute approximate surface area is 153 Å². The van der Waals surface area contributed by atoms with Crippen LogP contribution in [0.3, 0.4) is 0 Å². The predicted molar refractivity (Wildman–Crippen MR) is 98.2 cm³/mol. The number of esters is 1. The summed E-state index contributed by atoms with van der Waals surface area (Å²) in [5, 5.41) is 5.61. The van der Waals surface area contributed by atoms with E-state index in [1.807, 2.05) is 19.9 Å². The molecule has 2 heterocycles. The van der Waals surface area contributed by atoms with E-state index in [9.17, 15) is 14.4 Å². The van der Waals surface area contributed by atoms with E-state index in [4.69, 9.17) is 4.74 Å². The summed E-state index contributed by atoms with van der Waals surface area (Å²) >= 11 is 0. The monoisotopic (exact) mass is 359 g/mol. The Kier molecular flexibility index (Phi) is 5.15. The molecule has 0 aromatic heterocycles. The average Bonchev–Trinajstić information content (AvgIpc) is 3.09. The Balaban J connectivity index is 1.68. The molecule has 0 spiro atoms. The molecule has 3 rings (SSSR count). The van der Waals surface area contributed by atoms with Crippen LogP contribution in [0.4, 0.5) is 11.4 Å². The topological polar surface area (TPSA) is 87.7 Å². The largest absolute Gasteiger partial charge is 0.449 e. The fraction of sp³-hybridized carbons (Fsp3) is 0.526. The van der Waals surface area contributed by atoms with Gasteiger partial charge in [0.05, 0.1) is 16.9 Å². The van der Waals surface area contributed by atoms with Crippen LogP contribution in [0.5, 0.6) is 0 Å². The number of hydrogen-bond donors (Lipinski definition) is 2. The summed E-state index contributed by atoms with van der Waals surface area (Å²) in [7, 11) is 0. The van der Waals surface area contributed by atoms with Crippen LogP contribution in [0, 0.1) is 5.92 Å². The van der Waals surface area contributed by atoms with Gasteiger partial charge in [0.25, 0.3) is 5.91 Å². The zero-order valence-electron chi connectivity index (χ0n) is 15.4. The van der Waals surface area contributed by atoms with Gasteiger partial charge in [-0.05, 0) is 43.9 Å².